The molecule has 0 aromatic carbocycles. The van der Waals surface area contributed by atoms with Gasteiger partial charge in [-0.2, -0.15) is 0 Å². The summed E-state index contributed by atoms with van der Waals surface area (Å²) in [5.41, 5.74) is 0. The Morgan fingerprint density at radius 1 is 1.47 bits per heavy atom. The van der Waals surface area contributed by atoms with Crippen LogP contribution in [0.15, 0.2) is 0 Å². The second-order valence-electron chi connectivity index (χ2n) is 3.82. The summed E-state index contributed by atoms with van der Waals surface area (Å²) in [5.74, 6) is 0.118. The molecule has 0 bridgehead atoms. The van der Waals surface area contributed by atoms with E-state index in [1.807, 2.05) is 13.8 Å². The van der Waals surface area contributed by atoms with E-state index in [9.17, 15) is 9.59 Å². The molecule has 1 saturated heterocycles. The number of methoxy groups -OCH3 is 1. The van der Waals surface area contributed by atoms with Crippen molar-refractivity contribution in [3.05, 3.63) is 0 Å². The first-order valence-electron chi connectivity index (χ1n) is 5.23. The van der Waals surface area contributed by atoms with Gasteiger partial charge in [-0.3, -0.25) is 4.79 Å². The third-order valence-corrected chi connectivity index (χ3v) is 2.70. The number of rotatable bonds is 4. The van der Waals surface area contributed by atoms with E-state index in [2.05, 4.69) is 10.1 Å². The zero-order chi connectivity index (χ0) is 11.4. The molecule has 2 atom stereocenters. The van der Waals surface area contributed by atoms with E-state index in [-0.39, 0.29) is 11.8 Å². The molecule has 0 radical (unpaired) electrons. The number of amides is 2. The molecular formula is C10H18N2O3. The van der Waals surface area contributed by atoms with Crippen molar-refractivity contribution >= 4 is 12.0 Å². The highest BCUT2D eigenvalue weighted by Gasteiger charge is 2.34. The molecule has 2 amide bonds. The van der Waals surface area contributed by atoms with Gasteiger partial charge in [0.25, 0.3) is 0 Å². The van der Waals surface area contributed by atoms with Crippen molar-refractivity contribution in [2.24, 2.45) is 5.92 Å². The summed E-state index contributed by atoms with van der Waals surface area (Å²) in [6, 6.07) is -0.454. The minimum absolute atomic E-state index is 0.00486. The molecule has 1 rings (SSSR count). The summed E-state index contributed by atoms with van der Waals surface area (Å²) >= 11 is 0. The van der Waals surface area contributed by atoms with Gasteiger partial charge in [-0.15, -0.1) is 0 Å². The van der Waals surface area contributed by atoms with Crippen LogP contribution in [-0.4, -0.2) is 43.1 Å². The fourth-order valence-electron chi connectivity index (χ4n) is 1.34. The average Bonchev–Trinajstić information content (AvgIpc) is 3.07. The Morgan fingerprint density at radius 3 is 2.47 bits per heavy atom. The summed E-state index contributed by atoms with van der Waals surface area (Å²) in [5, 5.41) is 2.59. The molecule has 0 saturated carbocycles. The number of alkyl carbamates (subject to hydrolysis) is 1. The molecule has 0 aromatic rings. The van der Waals surface area contributed by atoms with Gasteiger partial charge in [-0.25, -0.2) is 4.79 Å². The van der Waals surface area contributed by atoms with E-state index in [4.69, 9.17) is 0 Å². The van der Waals surface area contributed by atoms with E-state index in [0.717, 1.165) is 19.5 Å². The number of carbonyl (C=O) groups is 2. The normalized spacial score (nSPS) is 17.9. The molecule has 1 heterocycles. The van der Waals surface area contributed by atoms with E-state index < -0.39 is 12.1 Å². The number of nitrogens with zero attached hydrogens (tertiary/aromatic N) is 1. The van der Waals surface area contributed by atoms with Gasteiger partial charge in [-0.05, 0) is 5.92 Å². The maximum Gasteiger partial charge on any atom is 0.407 e. The Balaban J connectivity index is 2.59. The highest BCUT2D eigenvalue weighted by atomic mass is 16.5. The van der Waals surface area contributed by atoms with E-state index >= 15 is 0 Å². The van der Waals surface area contributed by atoms with Gasteiger partial charge in [0.15, 0.2) is 0 Å². The zero-order valence-corrected chi connectivity index (χ0v) is 9.45. The van der Waals surface area contributed by atoms with E-state index in [1.165, 1.54) is 7.11 Å². The van der Waals surface area contributed by atoms with Crippen LogP contribution >= 0.6 is 0 Å². The first-order valence-corrected chi connectivity index (χ1v) is 5.23. The first kappa shape index (κ1) is 11.8. The van der Waals surface area contributed by atoms with Gasteiger partial charge in [0.05, 0.1) is 7.11 Å². The molecule has 1 fully saturated rings. The molecule has 5 nitrogen and oxygen atoms in total. The maximum atomic E-state index is 11.8. The molecule has 1 aliphatic rings. The Hall–Kier alpha value is -1.26. The van der Waals surface area contributed by atoms with Crippen LogP contribution in [0.2, 0.25) is 0 Å². The molecular weight excluding hydrogens is 196 g/mol. The van der Waals surface area contributed by atoms with E-state index in [1.54, 1.807) is 4.90 Å². The summed E-state index contributed by atoms with van der Waals surface area (Å²) in [4.78, 5) is 24.6. The van der Waals surface area contributed by atoms with Crippen LogP contribution in [0.4, 0.5) is 4.79 Å². The lowest BCUT2D eigenvalue weighted by molar-refractivity contribution is -0.129. The van der Waals surface area contributed by atoms with Gasteiger partial charge in [0, 0.05) is 13.1 Å². The second-order valence-corrected chi connectivity index (χ2v) is 3.82. The third kappa shape index (κ3) is 3.11. The molecule has 0 aromatic heterocycles. The minimum atomic E-state index is -0.546. The van der Waals surface area contributed by atoms with Crippen LogP contribution in [0, 0.1) is 5.92 Å². The Labute approximate surface area is 89.8 Å². The zero-order valence-electron chi connectivity index (χ0n) is 9.45. The number of nitrogens with one attached hydrogen (secondary N) is 1. The predicted molar refractivity (Wildman–Crippen MR) is 55.4 cm³/mol. The van der Waals surface area contributed by atoms with Crippen molar-refractivity contribution in [2.75, 3.05) is 20.2 Å². The average molecular weight is 214 g/mol. The van der Waals surface area contributed by atoms with Gasteiger partial charge >= 0.3 is 6.09 Å². The highest BCUT2D eigenvalue weighted by Crippen LogP contribution is 2.15. The Morgan fingerprint density at radius 2 is 2.07 bits per heavy atom. The van der Waals surface area contributed by atoms with Crippen LogP contribution in [-0.2, 0) is 9.53 Å². The van der Waals surface area contributed by atoms with Crippen LogP contribution in [0.3, 0.4) is 0 Å². The quantitative estimate of drug-likeness (QED) is 0.697. The van der Waals surface area contributed by atoms with Crippen molar-refractivity contribution in [3.63, 3.8) is 0 Å². The van der Waals surface area contributed by atoms with Crippen molar-refractivity contribution in [1.82, 2.24) is 10.2 Å². The largest absolute Gasteiger partial charge is 0.453 e. The number of hydrogen-bond donors (Lipinski definition) is 1. The molecule has 86 valence electrons. The lowest BCUT2D eigenvalue weighted by Crippen LogP contribution is -2.47. The molecule has 2 unspecified atom stereocenters. The number of hydrogen-bond acceptors (Lipinski definition) is 3. The van der Waals surface area contributed by atoms with Crippen LogP contribution in [0.1, 0.15) is 20.3 Å². The monoisotopic (exact) mass is 214 g/mol. The summed E-state index contributed by atoms with van der Waals surface area (Å²) in [6.45, 7) is 5.54. The Bertz CT molecular complexity index is 251. The summed E-state index contributed by atoms with van der Waals surface area (Å²) in [7, 11) is 1.30. The maximum absolute atomic E-state index is 11.8. The molecule has 0 aliphatic carbocycles. The number of ether oxygens (including phenoxy) is 1. The van der Waals surface area contributed by atoms with Gasteiger partial charge in [-0.1, -0.05) is 20.3 Å². The molecule has 1 N–H and O–H groups in total. The summed E-state index contributed by atoms with van der Waals surface area (Å²) in [6.07, 6.45) is 0.296. The minimum Gasteiger partial charge on any atom is -0.453 e. The standard InChI is InChI=1S/C10H18N2O3/c1-4-7(2)8(11-10(14)15-3)9(13)12-5-6-12/h7-8H,4-6H2,1-3H3,(H,11,14). The van der Waals surface area contributed by atoms with Crippen LogP contribution in [0.25, 0.3) is 0 Å². The van der Waals surface area contributed by atoms with E-state index in [0.29, 0.717) is 0 Å². The third-order valence-electron chi connectivity index (χ3n) is 2.70. The SMILES string of the molecule is CCC(C)C(NC(=O)OC)C(=O)N1CC1. The van der Waals surface area contributed by atoms with Gasteiger partial charge < -0.3 is 15.0 Å². The second kappa shape index (κ2) is 5.00. The van der Waals surface area contributed by atoms with Crippen molar-refractivity contribution in [1.29, 1.82) is 0 Å². The molecule has 0 spiro atoms. The van der Waals surface area contributed by atoms with Gasteiger partial charge in [0.2, 0.25) is 5.91 Å². The smallest absolute Gasteiger partial charge is 0.407 e. The fourth-order valence-corrected chi connectivity index (χ4v) is 1.34. The Kier molecular flexibility index (Phi) is 3.94. The fraction of sp³-hybridized carbons (Fsp3) is 0.800. The predicted octanol–water partition coefficient (Wildman–Crippen LogP) is 0.599. The van der Waals surface area contributed by atoms with Crippen LogP contribution < -0.4 is 5.32 Å². The van der Waals surface area contributed by atoms with Crippen molar-refractivity contribution in [2.45, 2.75) is 26.3 Å². The van der Waals surface area contributed by atoms with Gasteiger partial charge in [0.1, 0.15) is 6.04 Å². The van der Waals surface area contributed by atoms with Crippen LogP contribution in [0.5, 0.6) is 0 Å². The number of carbonyl (C=O) groups excluding carboxylic acids is 2. The summed E-state index contributed by atoms with van der Waals surface area (Å²) < 4.78 is 4.50. The highest BCUT2D eigenvalue weighted by molar-refractivity contribution is 5.87. The van der Waals surface area contributed by atoms with Crippen molar-refractivity contribution < 1.29 is 14.3 Å². The lowest BCUT2D eigenvalue weighted by Gasteiger charge is -2.22. The lowest BCUT2D eigenvalue weighted by atomic mass is 9.98. The first-order chi connectivity index (χ1) is 7.10. The topological polar surface area (TPSA) is 58.4 Å². The molecule has 1 aliphatic heterocycles. The molecule has 15 heavy (non-hydrogen) atoms. The van der Waals surface area contributed by atoms with Crippen molar-refractivity contribution in [3.8, 4) is 0 Å². The molecule has 5 heteroatoms.